The van der Waals surface area contributed by atoms with Gasteiger partial charge in [0.15, 0.2) is 0 Å². The lowest BCUT2D eigenvalue weighted by Gasteiger charge is -2.46. The molecule has 1 aromatic carbocycles. The molecule has 0 saturated heterocycles. The van der Waals surface area contributed by atoms with Crippen molar-refractivity contribution in [1.29, 1.82) is 0 Å². The summed E-state index contributed by atoms with van der Waals surface area (Å²) in [5.74, 6) is 2.34. The number of anilines is 1. The molecule has 130 valence electrons. The first-order valence-electron chi connectivity index (χ1n) is 9.38. The average molecular weight is 348 g/mol. The Morgan fingerprint density at radius 2 is 2.00 bits per heavy atom. The maximum Gasteiger partial charge on any atom is 0.337 e. The summed E-state index contributed by atoms with van der Waals surface area (Å²) in [7, 11) is 0. The number of aromatic carboxylic acids is 1. The maximum atomic E-state index is 11.8. The third-order valence-corrected chi connectivity index (χ3v) is 7.20. The van der Waals surface area contributed by atoms with E-state index in [4.69, 9.17) is 11.6 Å². The summed E-state index contributed by atoms with van der Waals surface area (Å²) in [5.41, 5.74) is 2.35. The van der Waals surface area contributed by atoms with Gasteiger partial charge in [-0.05, 0) is 66.5 Å². The van der Waals surface area contributed by atoms with Gasteiger partial charge in [0.05, 0.1) is 11.3 Å². The van der Waals surface area contributed by atoms with E-state index in [0.29, 0.717) is 40.3 Å². The van der Waals surface area contributed by atoms with Crippen LogP contribution < -0.4 is 5.32 Å². The quantitative estimate of drug-likeness (QED) is 0.766. The molecule has 0 spiro atoms. The van der Waals surface area contributed by atoms with Crippen LogP contribution in [0.25, 0.3) is 0 Å². The number of hydrogen-bond acceptors (Lipinski definition) is 2. The Hall–Kier alpha value is -1.22. The highest BCUT2D eigenvalue weighted by Gasteiger charge is 2.54. The minimum atomic E-state index is -0.883. The van der Waals surface area contributed by atoms with E-state index in [9.17, 15) is 9.90 Å². The first-order chi connectivity index (χ1) is 11.5. The summed E-state index contributed by atoms with van der Waals surface area (Å²) in [6.45, 7) is 4.51. The second kappa shape index (κ2) is 5.94. The van der Waals surface area contributed by atoms with E-state index in [0.717, 1.165) is 24.4 Å². The van der Waals surface area contributed by atoms with Crippen LogP contribution in [0.4, 0.5) is 5.69 Å². The van der Waals surface area contributed by atoms with Gasteiger partial charge in [-0.1, -0.05) is 38.3 Å². The zero-order valence-corrected chi connectivity index (χ0v) is 15.1. The van der Waals surface area contributed by atoms with Gasteiger partial charge >= 0.3 is 5.97 Å². The number of carboxylic acid groups (broad SMARTS) is 1. The molecule has 0 unspecified atom stereocenters. The summed E-state index contributed by atoms with van der Waals surface area (Å²) in [6.07, 6.45) is 6.21. The molecule has 4 rings (SSSR count). The monoisotopic (exact) mass is 347 g/mol. The Morgan fingerprint density at radius 3 is 2.67 bits per heavy atom. The van der Waals surface area contributed by atoms with Gasteiger partial charge in [0, 0.05) is 11.1 Å². The Morgan fingerprint density at radius 1 is 1.29 bits per heavy atom. The van der Waals surface area contributed by atoms with Crippen molar-refractivity contribution >= 4 is 23.3 Å². The number of carbonyl (C=O) groups is 1. The second-order valence-corrected chi connectivity index (χ2v) is 8.34. The molecule has 2 N–H and O–H groups in total. The van der Waals surface area contributed by atoms with Gasteiger partial charge in [-0.2, -0.15) is 0 Å². The first-order valence-corrected chi connectivity index (χ1v) is 9.76. The normalized spacial score (nSPS) is 33.2. The Labute approximate surface area is 148 Å². The van der Waals surface area contributed by atoms with Crippen LogP contribution in [0.15, 0.2) is 12.1 Å². The van der Waals surface area contributed by atoms with E-state index in [1.807, 2.05) is 6.07 Å². The molecular weight excluding hydrogens is 322 g/mol. The molecule has 1 heterocycles. The molecule has 3 aliphatic rings. The van der Waals surface area contributed by atoms with Crippen LogP contribution in [0.5, 0.6) is 0 Å². The fourth-order valence-electron chi connectivity index (χ4n) is 6.03. The Bertz CT molecular complexity index is 670. The van der Waals surface area contributed by atoms with Crippen molar-refractivity contribution in [3.63, 3.8) is 0 Å². The minimum Gasteiger partial charge on any atom is -0.478 e. The molecule has 5 atom stereocenters. The molecule has 1 aromatic rings. The zero-order valence-electron chi connectivity index (χ0n) is 14.4. The van der Waals surface area contributed by atoms with Gasteiger partial charge in [-0.3, -0.25) is 0 Å². The molecule has 2 bridgehead atoms. The highest BCUT2D eigenvalue weighted by atomic mass is 35.5. The first kappa shape index (κ1) is 16.3. The molecule has 24 heavy (non-hydrogen) atoms. The van der Waals surface area contributed by atoms with Crippen LogP contribution in [-0.4, -0.2) is 17.1 Å². The van der Waals surface area contributed by atoms with Gasteiger partial charge in [-0.25, -0.2) is 4.79 Å². The SMILES string of the molecule is CCC(CC)[C@H]1Nc2c(C(=O)O)cc(Cl)cc2[C@H]2[C@H]3CC[C@@H](C3)[C@@H]21. The average Bonchev–Trinajstić information content (AvgIpc) is 3.17. The molecule has 4 heteroatoms. The number of benzene rings is 1. The summed E-state index contributed by atoms with van der Waals surface area (Å²) in [5, 5.41) is 13.9. The van der Waals surface area contributed by atoms with Crippen LogP contribution in [0.2, 0.25) is 5.02 Å². The predicted octanol–water partition coefficient (Wildman–Crippen LogP) is 5.40. The standard InChI is InChI=1S/C20H26ClNO2/c1-3-10(4-2)18-17-12-6-5-11(7-12)16(17)14-8-13(21)9-15(20(23)24)19(14)22-18/h8-12,16-18,22H,3-7H2,1-2H3,(H,23,24)/t11-,12-,16+,17-,18+/m0/s1. The lowest BCUT2D eigenvalue weighted by molar-refractivity contribution is 0.0697. The van der Waals surface area contributed by atoms with Crippen molar-refractivity contribution in [1.82, 2.24) is 0 Å². The van der Waals surface area contributed by atoms with Crippen LogP contribution in [0.1, 0.15) is 67.8 Å². The van der Waals surface area contributed by atoms with E-state index in [2.05, 4.69) is 19.2 Å². The van der Waals surface area contributed by atoms with Crippen LogP contribution in [0.3, 0.4) is 0 Å². The number of fused-ring (bicyclic) bond motifs is 7. The van der Waals surface area contributed by atoms with E-state index in [1.54, 1.807) is 6.07 Å². The lowest BCUT2D eigenvalue weighted by atomic mass is 9.65. The molecule has 3 nitrogen and oxygen atoms in total. The molecule has 0 radical (unpaired) electrons. The van der Waals surface area contributed by atoms with E-state index >= 15 is 0 Å². The summed E-state index contributed by atoms with van der Waals surface area (Å²) < 4.78 is 0. The molecule has 2 fully saturated rings. The van der Waals surface area contributed by atoms with Crippen molar-refractivity contribution in [2.45, 2.75) is 57.9 Å². The largest absolute Gasteiger partial charge is 0.478 e. The highest BCUT2D eigenvalue weighted by molar-refractivity contribution is 6.31. The highest BCUT2D eigenvalue weighted by Crippen LogP contribution is 2.62. The maximum absolute atomic E-state index is 11.8. The van der Waals surface area contributed by atoms with Gasteiger partial charge in [-0.15, -0.1) is 0 Å². The van der Waals surface area contributed by atoms with Gasteiger partial charge in [0.2, 0.25) is 0 Å². The summed E-state index contributed by atoms with van der Waals surface area (Å²) >= 11 is 6.28. The van der Waals surface area contributed by atoms with Crippen LogP contribution in [-0.2, 0) is 0 Å². The van der Waals surface area contributed by atoms with E-state index in [1.165, 1.54) is 24.8 Å². The van der Waals surface area contributed by atoms with Crippen molar-refractivity contribution in [2.75, 3.05) is 5.32 Å². The molecule has 0 aromatic heterocycles. The number of rotatable bonds is 4. The Kier molecular flexibility index (Phi) is 4.03. The molecular formula is C20H26ClNO2. The molecule has 1 aliphatic heterocycles. The smallest absolute Gasteiger partial charge is 0.337 e. The lowest BCUT2D eigenvalue weighted by Crippen LogP contribution is -2.45. The van der Waals surface area contributed by atoms with E-state index < -0.39 is 5.97 Å². The van der Waals surface area contributed by atoms with Gasteiger partial charge in [0.25, 0.3) is 0 Å². The number of halogens is 1. The fourth-order valence-corrected chi connectivity index (χ4v) is 6.25. The van der Waals surface area contributed by atoms with Crippen molar-refractivity contribution in [2.24, 2.45) is 23.7 Å². The van der Waals surface area contributed by atoms with Crippen molar-refractivity contribution in [3.05, 3.63) is 28.3 Å². The molecule has 0 amide bonds. The summed E-state index contributed by atoms with van der Waals surface area (Å²) in [6, 6.07) is 4.03. The third-order valence-electron chi connectivity index (χ3n) is 6.99. The number of nitrogens with one attached hydrogen (secondary N) is 1. The van der Waals surface area contributed by atoms with Crippen LogP contribution in [0, 0.1) is 23.7 Å². The van der Waals surface area contributed by atoms with Gasteiger partial charge < -0.3 is 10.4 Å². The molecule has 2 saturated carbocycles. The van der Waals surface area contributed by atoms with E-state index in [-0.39, 0.29) is 0 Å². The van der Waals surface area contributed by atoms with Crippen molar-refractivity contribution < 1.29 is 9.90 Å². The topological polar surface area (TPSA) is 49.3 Å². The summed E-state index contributed by atoms with van der Waals surface area (Å²) in [4.78, 5) is 11.8. The predicted molar refractivity (Wildman–Crippen MR) is 97.0 cm³/mol. The zero-order chi connectivity index (χ0) is 17.0. The minimum absolute atomic E-state index is 0.342. The Balaban J connectivity index is 1.86. The third kappa shape index (κ3) is 2.28. The second-order valence-electron chi connectivity index (χ2n) is 7.91. The number of hydrogen-bond donors (Lipinski definition) is 2. The fraction of sp³-hybridized carbons (Fsp3) is 0.650. The van der Waals surface area contributed by atoms with Crippen molar-refractivity contribution in [3.8, 4) is 0 Å². The van der Waals surface area contributed by atoms with Crippen LogP contribution >= 0.6 is 11.6 Å². The molecule has 2 aliphatic carbocycles. The van der Waals surface area contributed by atoms with Gasteiger partial charge in [0.1, 0.15) is 0 Å². The number of carboxylic acids is 1.